The number of fused-ring (bicyclic) bond motifs is 2. The van der Waals surface area contributed by atoms with Gasteiger partial charge in [0, 0.05) is 12.1 Å². The van der Waals surface area contributed by atoms with Gasteiger partial charge >= 0.3 is 0 Å². The van der Waals surface area contributed by atoms with Crippen LogP contribution in [0.2, 0.25) is 0 Å². The van der Waals surface area contributed by atoms with Gasteiger partial charge in [0.15, 0.2) is 0 Å². The topological polar surface area (TPSA) is 3.24 Å². The first-order valence-electron chi connectivity index (χ1n) is 7.19. The molecule has 0 aromatic carbocycles. The number of nitrogens with zero attached hydrogens (tertiary/aromatic N) is 1. The van der Waals surface area contributed by atoms with Gasteiger partial charge in [0.1, 0.15) is 0 Å². The Balaban J connectivity index is 2.23. The lowest BCUT2D eigenvalue weighted by molar-refractivity contribution is 0.0704. The van der Waals surface area contributed by atoms with Crippen molar-refractivity contribution in [1.82, 2.24) is 4.90 Å². The monoisotopic (exact) mass is 223 g/mol. The molecule has 94 valence electrons. The molecule has 2 atom stereocenters. The van der Waals surface area contributed by atoms with Crippen molar-refractivity contribution in [2.75, 3.05) is 7.05 Å². The molecule has 0 radical (unpaired) electrons. The van der Waals surface area contributed by atoms with Crippen LogP contribution in [0.25, 0.3) is 0 Å². The Bertz CT molecular complexity index is 236. The zero-order chi connectivity index (χ0) is 11.9. The molecule has 1 heteroatoms. The summed E-state index contributed by atoms with van der Waals surface area (Å²) in [5.74, 6) is 1.67. The van der Waals surface area contributed by atoms with E-state index in [-0.39, 0.29) is 0 Å². The maximum atomic E-state index is 2.69. The van der Waals surface area contributed by atoms with Crippen LogP contribution in [0, 0.1) is 17.3 Å². The van der Waals surface area contributed by atoms with Crippen molar-refractivity contribution in [3.63, 3.8) is 0 Å². The van der Waals surface area contributed by atoms with Crippen LogP contribution in [-0.4, -0.2) is 24.0 Å². The Morgan fingerprint density at radius 1 is 0.938 bits per heavy atom. The molecule has 0 unspecified atom stereocenters. The van der Waals surface area contributed by atoms with E-state index in [1.165, 1.54) is 32.1 Å². The highest BCUT2D eigenvalue weighted by Crippen LogP contribution is 2.50. The summed E-state index contributed by atoms with van der Waals surface area (Å²) in [5.41, 5.74) is 0.605. The SMILES string of the molecule is CC(C)C1(C(C)C)CC[C@H]2CC[C@@H](C1)N2C. The summed E-state index contributed by atoms with van der Waals surface area (Å²) in [5, 5.41) is 0. The minimum atomic E-state index is 0.605. The molecule has 16 heavy (non-hydrogen) atoms. The van der Waals surface area contributed by atoms with Crippen molar-refractivity contribution >= 4 is 0 Å². The molecule has 2 heterocycles. The zero-order valence-corrected chi connectivity index (χ0v) is 11.8. The minimum Gasteiger partial charge on any atom is -0.300 e. The highest BCUT2D eigenvalue weighted by atomic mass is 15.2. The summed E-state index contributed by atoms with van der Waals surface area (Å²) < 4.78 is 0. The average Bonchev–Trinajstić information content (AvgIpc) is 2.40. The third-order valence-electron chi connectivity index (χ3n) is 5.84. The molecular weight excluding hydrogens is 194 g/mol. The van der Waals surface area contributed by atoms with E-state index < -0.39 is 0 Å². The molecule has 2 fully saturated rings. The maximum Gasteiger partial charge on any atom is 0.0101 e. The van der Waals surface area contributed by atoms with Crippen LogP contribution >= 0.6 is 0 Å². The van der Waals surface area contributed by atoms with Crippen LogP contribution in [0.5, 0.6) is 0 Å². The largest absolute Gasteiger partial charge is 0.300 e. The predicted molar refractivity (Wildman–Crippen MR) is 70.5 cm³/mol. The molecule has 2 saturated heterocycles. The van der Waals surface area contributed by atoms with E-state index in [4.69, 9.17) is 0 Å². The van der Waals surface area contributed by atoms with Crippen molar-refractivity contribution in [1.29, 1.82) is 0 Å². The summed E-state index contributed by atoms with van der Waals surface area (Å²) >= 11 is 0. The van der Waals surface area contributed by atoms with E-state index in [0.29, 0.717) is 5.41 Å². The normalized spacial score (nSPS) is 34.7. The van der Waals surface area contributed by atoms with E-state index in [0.717, 1.165) is 23.9 Å². The van der Waals surface area contributed by atoms with Gasteiger partial charge in [-0.25, -0.2) is 0 Å². The van der Waals surface area contributed by atoms with Gasteiger partial charge in [-0.15, -0.1) is 0 Å². The van der Waals surface area contributed by atoms with Gasteiger partial charge in [0.05, 0.1) is 0 Å². The fourth-order valence-corrected chi connectivity index (χ4v) is 4.38. The maximum absolute atomic E-state index is 2.69. The Hall–Kier alpha value is -0.0400. The number of hydrogen-bond acceptors (Lipinski definition) is 1. The second-order valence-corrected chi connectivity index (χ2v) is 6.84. The molecule has 0 aromatic heterocycles. The number of hydrogen-bond donors (Lipinski definition) is 0. The van der Waals surface area contributed by atoms with Crippen LogP contribution in [0.1, 0.15) is 59.8 Å². The van der Waals surface area contributed by atoms with Gasteiger partial charge < -0.3 is 4.90 Å². The molecule has 2 aliphatic rings. The first kappa shape index (κ1) is 12.4. The van der Waals surface area contributed by atoms with E-state index in [2.05, 4.69) is 39.6 Å². The molecule has 2 bridgehead atoms. The Kier molecular flexibility index (Phi) is 3.36. The predicted octanol–water partition coefficient (Wildman–Crippen LogP) is 3.93. The zero-order valence-electron chi connectivity index (χ0n) is 11.8. The smallest absolute Gasteiger partial charge is 0.0101 e. The first-order valence-corrected chi connectivity index (χ1v) is 7.19. The molecule has 1 nitrogen and oxygen atoms in total. The molecule has 0 saturated carbocycles. The van der Waals surface area contributed by atoms with Gasteiger partial charge in [-0.05, 0) is 56.4 Å². The van der Waals surface area contributed by atoms with Gasteiger partial charge in [-0.1, -0.05) is 27.7 Å². The second-order valence-electron chi connectivity index (χ2n) is 6.84. The summed E-state index contributed by atoms with van der Waals surface area (Å²) in [6, 6.07) is 1.77. The van der Waals surface area contributed by atoms with Gasteiger partial charge in [-0.3, -0.25) is 0 Å². The van der Waals surface area contributed by atoms with Crippen molar-refractivity contribution in [2.24, 2.45) is 17.3 Å². The van der Waals surface area contributed by atoms with E-state index in [9.17, 15) is 0 Å². The van der Waals surface area contributed by atoms with Gasteiger partial charge in [0.25, 0.3) is 0 Å². The third-order valence-corrected chi connectivity index (χ3v) is 5.84. The fraction of sp³-hybridized carbons (Fsp3) is 1.00. The van der Waals surface area contributed by atoms with Crippen LogP contribution < -0.4 is 0 Å². The molecule has 0 aromatic rings. The Labute approximate surface area is 102 Å². The summed E-state index contributed by atoms with van der Waals surface area (Å²) in [4.78, 5) is 2.69. The quantitative estimate of drug-likeness (QED) is 0.685. The van der Waals surface area contributed by atoms with Gasteiger partial charge in [0.2, 0.25) is 0 Å². The van der Waals surface area contributed by atoms with Crippen molar-refractivity contribution in [2.45, 2.75) is 71.9 Å². The summed E-state index contributed by atoms with van der Waals surface area (Å²) in [6.07, 6.45) is 7.22. The lowest BCUT2D eigenvalue weighted by Crippen LogP contribution is -2.38. The fourth-order valence-electron chi connectivity index (χ4n) is 4.38. The van der Waals surface area contributed by atoms with E-state index in [1.807, 2.05) is 0 Å². The molecule has 0 aliphatic carbocycles. The molecular formula is C15H29N. The standard InChI is InChI=1S/C15H29N/c1-11(2)15(12(3)4)9-8-13-6-7-14(10-15)16(13)5/h11-14H,6-10H2,1-5H3/t13-,14+/m1/s1. The third kappa shape index (κ3) is 1.81. The van der Waals surface area contributed by atoms with Crippen molar-refractivity contribution in [3.8, 4) is 0 Å². The first-order chi connectivity index (χ1) is 7.47. The van der Waals surface area contributed by atoms with Crippen LogP contribution in [-0.2, 0) is 0 Å². The van der Waals surface area contributed by atoms with Crippen LogP contribution in [0.4, 0.5) is 0 Å². The summed E-state index contributed by atoms with van der Waals surface area (Å²) in [7, 11) is 2.36. The van der Waals surface area contributed by atoms with E-state index in [1.54, 1.807) is 0 Å². The van der Waals surface area contributed by atoms with Crippen molar-refractivity contribution < 1.29 is 0 Å². The van der Waals surface area contributed by atoms with Crippen molar-refractivity contribution in [3.05, 3.63) is 0 Å². The number of rotatable bonds is 2. The summed E-state index contributed by atoms with van der Waals surface area (Å²) in [6.45, 7) is 9.77. The van der Waals surface area contributed by atoms with Crippen LogP contribution in [0.15, 0.2) is 0 Å². The molecule has 2 aliphatic heterocycles. The molecule has 0 spiro atoms. The Morgan fingerprint density at radius 3 is 2.06 bits per heavy atom. The minimum absolute atomic E-state index is 0.605. The molecule has 0 amide bonds. The second kappa shape index (κ2) is 4.33. The molecule has 0 N–H and O–H groups in total. The highest BCUT2D eigenvalue weighted by Gasteiger charge is 2.45. The lowest BCUT2D eigenvalue weighted by atomic mass is 9.62. The van der Waals surface area contributed by atoms with Crippen LogP contribution in [0.3, 0.4) is 0 Å². The van der Waals surface area contributed by atoms with Gasteiger partial charge in [-0.2, -0.15) is 0 Å². The highest BCUT2D eigenvalue weighted by molar-refractivity contribution is 4.98. The Morgan fingerprint density at radius 2 is 1.50 bits per heavy atom. The van der Waals surface area contributed by atoms with E-state index >= 15 is 0 Å². The lowest BCUT2D eigenvalue weighted by Gasteiger charge is -2.43. The average molecular weight is 223 g/mol. The molecule has 2 rings (SSSR count).